The Morgan fingerprint density at radius 2 is 2.08 bits per heavy atom. The fourth-order valence-corrected chi connectivity index (χ4v) is 1.15. The van der Waals surface area contributed by atoms with Gasteiger partial charge in [-0.25, -0.2) is 0 Å². The van der Waals surface area contributed by atoms with Gasteiger partial charge in [0.1, 0.15) is 5.84 Å². The van der Waals surface area contributed by atoms with Crippen molar-refractivity contribution in [3.63, 3.8) is 0 Å². The van der Waals surface area contributed by atoms with Crippen LogP contribution in [0.25, 0.3) is 0 Å². The highest BCUT2D eigenvalue weighted by molar-refractivity contribution is 5.96. The normalized spacial score (nSPS) is 9.77. The first-order chi connectivity index (χ1) is 6.02. The molecule has 0 unspecified atom stereocenters. The average molecular weight is 176 g/mol. The number of nitrogens with two attached hydrogens (primary N) is 1. The van der Waals surface area contributed by atoms with E-state index in [0.717, 1.165) is 16.8 Å². The molecular formula is C10H14N3. The molecule has 1 radical (unpaired) electrons. The molecule has 13 heavy (non-hydrogen) atoms. The average Bonchev–Trinajstić information content (AvgIpc) is 2.04. The number of hydrogen-bond acceptors (Lipinski definition) is 2. The standard InChI is InChI=1S/C10H14N3/c1-7-4-5-8(10(11)12)6-9(7)13(2)3/h4-6H,1H2,2-3H3,(H3,11,12). The van der Waals surface area contributed by atoms with E-state index in [2.05, 4.69) is 6.92 Å². The Hall–Kier alpha value is -1.51. The first kappa shape index (κ1) is 9.58. The van der Waals surface area contributed by atoms with Crippen molar-refractivity contribution in [1.82, 2.24) is 0 Å². The predicted octanol–water partition coefficient (Wildman–Crippen LogP) is 1.22. The molecule has 0 atom stereocenters. The third kappa shape index (κ3) is 1.99. The van der Waals surface area contributed by atoms with E-state index in [0.29, 0.717) is 0 Å². The zero-order chi connectivity index (χ0) is 10.0. The molecule has 0 aliphatic heterocycles. The maximum absolute atomic E-state index is 7.28. The van der Waals surface area contributed by atoms with Crippen LogP contribution in [0.4, 0.5) is 5.69 Å². The molecule has 1 aromatic rings. The number of rotatable bonds is 2. The van der Waals surface area contributed by atoms with Crippen molar-refractivity contribution in [2.75, 3.05) is 19.0 Å². The minimum Gasteiger partial charge on any atom is -0.384 e. The molecule has 0 saturated carbocycles. The maximum Gasteiger partial charge on any atom is 0.122 e. The second kappa shape index (κ2) is 3.47. The van der Waals surface area contributed by atoms with Crippen LogP contribution >= 0.6 is 0 Å². The molecule has 0 fully saturated rings. The Bertz CT molecular complexity index is 329. The van der Waals surface area contributed by atoms with Gasteiger partial charge in [0.2, 0.25) is 0 Å². The topological polar surface area (TPSA) is 53.1 Å². The van der Waals surface area contributed by atoms with Gasteiger partial charge in [0.25, 0.3) is 0 Å². The number of nitrogens with one attached hydrogen (secondary N) is 1. The van der Waals surface area contributed by atoms with Gasteiger partial charge in [0, 0.05) is 25.3 Å². The maximum atomic E-state index is 7.28. The molecule has 0 heterocycles. The molecule has 3 heteroatoms. The van der Waals surface area contributed by atoms with Gasteiger partial charge in [0.15, 0.2) is 0 Å². The van der Waals surface area contributed by atoms with Crippen LogP contribution < -0.4 is 10.6 Å². The lowest BCUT2D eigenvalue weighted by Gasteiger charge is -2.16. The Kier molecular flexibility index (Phi) is 2.56. The van der Waals surface area contributed by atoms with Crippen molar-refractivity contribution in [3.05, 3.63) is 36.2 Å². The summed E-state index contributed by atoms with van der Waals surface area (Å²) < 4.78 is 0. The monoisotopic (exact) mass is 176 g/mol. The molecule has 0 aromatic heterocycles. The highest BCUT2D eigenvalue weighted by atomic mass is 15.1. The minimum absolute atomic E-state index is 0.0862. The van der Waals surface area contributed by atoms with Gasteiger partial charge in [-0.3, -0.25) is 5.41 Å². The Balaban J connectivity index is 3.19. The van der Waals surface area contributed by atoms with Gasteiger partial charge in [-0.2, -0.15) is 0 Å². The summed E-state index contributed by atoms with van der Waals surface area (Å²) in [7, 11) is 3.88. The molecule has 0 bridgehead atoms. The van der Waals surface area contributed by atoms with E-state index in [1.807, 2.05) is 31.1 Å². The Labute approximate surface area is 78.7 Å². The number of hydrogen-bond donors (Lipinski definition) is 2. The van der Waals surface area contributed by atoms with Crippen LogP contribution in [-0.4, -0.2) is 19.9 Å². The van der Waals surface area contributed by atoms with Crippen molar-refractivity contribution in [1.29, 1.82) is 5.41 Å². The third-order valence-electron chi connectivity index (χ3n) is 1.88. The summed E-state index contributed by atoms with van der Waals surface area (Å²) in [5, 5.41) is 7.28. The first-order valence-electron chi connectivity index (χ1n) is 4.00. The number of benzene rings is 1. The minimum atomic E-state index is 0.0862. The lowest BCUT2D eigenvalue weighted by atomic mass is 10.1. The molecule has 0 spiro atoms. The molecule has 0 amide bonds. The van der Waals surface area contributed by atoms with Gasteiger partial charge >= 0.3 is 0 Å². The van der Waals surface area contributed by atoms with E-state index in [1.165, 1.54) is 0 Å². The highest BCUT2D eigenvalue weighted by Gasteiger charge is 2.03. The molecular weight excluding hydrogens is 162 g/mol. The van der Waals surface area contributed by atoms with Crippen molar-refractivity contribution < 1.29 is 0 Å². The largest absolute Gasteiger partial charge is 0.384 e. The summed E-state index contributed by atoms with van der Waals surface area (Å²) in [6.07, 6.45) is 0. The van der Waals surface area contributed by atoms with E-state index in [9.17, 15) is 0 Å². The molecule has 0 aliphatic carbocycles. The fraction of sp³-hybridized carbons (Fsp3) is 0.200. The van der Waals surface area contributed by atoms with Crippen molar-refractivity contribution in [3.8, 4) is 0 Å². The van der Waals surface area contributed by atoms with Crippen LogP contribution in [0.3, 0.4) is 0 Å². The van der Waals surface area contributed by atoms with E-state index in [4.69, 9.17) is 11.1 Å². The van der Waals surface area contributed by atoms with Gasteiger partial charge in [-0.05, 0) is 18.6 Å². The van der Waals surface area contributed by atoms with E-state index < -0.39 is 0 Å². The molecule has 3 nitrogen and oxygen atoms in total. The summed E-state index contributed by atoms with van der Waals surface area (Å²) in [6.45, 7) is 3.89. The van der Waals surface area contributed by atoms with Crippen molar-refractivity contribution in [2.24, 2.45) is 5.73 Å². The first-order valence-corrected chi connectivity index (χ1v) is 4.00. The summed E-state index contributed by atoms with van der Waals surface area (Å²) in [5.41, 5.74) is 8.04. The zero-order valence-corrected chi connectivity index (χ0v) is 7.96. The molecule has 3 N–H and O–H groups in total. The molecule has 0 aliphatic rings. The molecule has 69 valence electrons. The van der Waals surface area contributed by atoms with Gasteiger partial charge in [-0.1, -0.05) is 12.1 Å². The van der Waals surface area contributed by atoms with Crippen LogP contribution in [0.2, 0.25) is 0 Å². The van der Waals surface area contributed by atoms with E-state index in [-0.39, 0.29) is 5.84 Å². The van der Waals surface area contributed by atoms with Crippen molar-refractivity contribution >= 4 is 11.5 Å². The number of nitrogen functional groups attached to an aromatic ring is 1. The van der Waals surface area contributed by atoms with E-state index >= 15 is 0 Å². The van der Waals surface area contributed by atoms with Crippen LogP contribution in [0.15, 0.2) is 18.2 Å². The number of nitrogens with zero attached hydrogens (tertiary/aromatic N) is 1. The smallest absolute Gasteiger partial charge is 0.122 e. The highest BCUT2D eigenvalue weighted by Crippen LogP contribution is 2.18. The summed E-state index contributed by atoms with van der Waals surface area (Å²) in [5.74, 6) is 0.0862. The van der Waals surface area contributed by atoms with Crippen LogP contribution in [0, 0.1) is 12.3 Å². The summed E-state index contributed by atoms with van der Waals surface area (Å²) >= 11 is 0. The lowest BCUT2D eigenvalue weighted by Crippen LogP contribution is -2.14. The Morgan fingerprint density at radius 3 is 2.54 bits per heavy atom. The fourth-order valence-electron chi connectivity index (χ4n) is 1.15. The third-order valence-corrected chi connectivity index (χ3v) is 1.88. The zero-order valence-electron chi connectivity index (χ0n) is 7.96. The van der Waals surface area contributed by atoms with Gasteiger partial charge in [-0.15, -0.1) is 0 Å². The SMILES string of the molecule is [CH2]c1ccc(C(=N)N)cc1N(C)C. The molecule has 1 aromatic carbocycles. The number of anilines is 1. The number of amidine groups is 1. The van der Waals surface area contributed by atoms with E-state index in [1.54, 1.807) is 6.07 Å². The second-order valence-electron chi connectivity index (χ2n) is 3.15. The summed E-state index contributed by atoms with van der Waals surface area (Å²) in [6, 6.07) is 5.54. The van der Waals surface area contributed by atoms with Crippen LogP contribution in [0.1, 0.15) is 11.1 Å². The lowest BCUT2D eigenvalue weighted by molar-refractivity contribution is 1.12. The molecule has 1 rings (SSSR count). The second-order valence-corrected chi connectivity index (χ2v) is 3.15. The quantitative estimate of drug-likeness (QED) is 0.526. The Morgan fingerprint density at radius 1 is 1.46 bits per heavy atom. The van der Waals surface area contributed by atoms with Crippen molar-refractivity contribution in [2.45, 2.75) is 0 Å². The van der Waals surface area contributed by atoms with Crippen LogP contribution in [-0.2, 0) is 0 Å². The van der Waals surface area contributed by atoms with Gasteiger partial charge in [0.05, 0.1) is 0 Å². The predicted molar refractivity (Wildman–Crippen MR) is 56.2 cm³/mol. The summed E-state index contributed by atoms with van der Waals surface area (Å²) in [4.78, 5) is 1.95. The van der Waals surface area contributed by atoms with Crippen LogP contribution in [0.5, 0.6) is 0 Å². The molecule has 0 saturated heterocycles. The van der Waals surface area contributed by atoms with Gasteiger partial charge < -0.3 is 10.6 Å².